The van der Waals surface area contributed by atoms with Gasteiger partial charge in [-0.2, -0.15) is 0 Å². The van der Waals surface area contributed by atoms with Crippen molar-refractivity contribution in [1.29, 1.82) is 0 Å². The summed E-state index contributed by atoms with van der Waals surface area (Å²) in [6.45, 7) is 4.04. The molecule has 0 spiro atoms. The second-order valence-electron chi connectivity index (χ2n) is 5.26. The third-order valence-electron chi connectivity index (χ3n) is 3.31. The van der Waals surface area contributed by atoms with Crippen LogP contribution in [-0.2, 0) is 27.2 Å². The standard InChI is InChI=1S/C17H19ClN2O3S/c1-3-23-16(22)9-13-10-24-17(19-13)20-15(21)7-6-12-5-4-11(2)14(18)8-12/h4-5,8,10H,3,6-7,9H2,1-2H3,(H,19,20,21). The Balaban J connectivity index is 1.83. The maximum Gasteiger partial charge on any atom is 0.311 e. The van der Waals surface area contributed by atoms with Crippen LogP contribution in [-0.4, -0.2) is 23.5 Å². The molecule has 7 heteroatoms. The van der Waals surface area contributed by atoms with E-state index in [1.807, 2.05) is 25.1 Å². The van der Waals surface area contributed by atoms with Crippen LogP contribution in [0, 0.1) is 6.92 Å². The molecule has 0 radical (unpaired) electrons. The molecule has 1 heterocycles. The van der Waals surface area contributed by atoms with E-state index in [4.69, 9.17) is 16.3 Å². The molecule has 2 aromatic rings. The molecule has 0 atom stereocenters. The van der Waals surface area contributed by atoms with Gasteiger partial charge >= 0.3 is 5.97 Å². The lowest BCUT2D eigenvalue weighted by Crippen LogP contribution is -2.12. The second-order valence-corrected chi connectivity index (χ2v) is 6.52. The fraction of sp³-hybridized carbons (Fsp3) is 0.353. The van der Waals surface area contributed by atoms with Gasteiger partial charge < -0.3 is 10.1 Å². The van der Waals surface area contributed by atoms with Crippen molar-refractivity contribution in [3.05, 3.63) is 45.4 Å². The molecule has 0 fully saturated rings. The minimum atomic E-state index is -0.322. The number of ether oxygens (including phenoxy) is 1. The van der Waals surface area contributed by atoms with Gasteiger partial charge in [0.15, 0.2) is 5.13 Å². The number of carbonyl (C=O) groups excluding carboxylic acids is 2. The zero-order valence-electron chi connectivity index (χ0n) is 13.6. The lowest BCUT2D eigenvalue weighted by molar-refractivity contribution is -0.142. The molecular weight excluding hydrogens is 348 g/mol. The van der Waals surface area contributed by atoms with Gasteiger partial charge in [-0.25, -0.2) is 4.98 Å². The Morgan fingerprint density at radius 1 is 1.38 bits per heavy atom. The zero-order valence-corrected chi connectivity index (χ0v) is 15.2. The molecular formula is C17H19ClN2O3S. The Kier molecular flexibility index (Phi) is 6.75. The number of aryl methyl sites for hydroxylation is 2. The number of amides is 1. The zero-order chi connectivity index (χ0) is 17.5. The van der Waals surface area contributed by atoms with Crippen LogP contribution in [0.5, 0.6) is 0 Å². The first-order valence-corrected chi connectivity index (χ1v) is 8.88. The van der Waals surface area contributed by atoms with Gasteiger partial charge in [-0.05, 0) is 37.5 Å². The first-order chi connectivity index (χ1) is 11.5. The fourth-order valence-corrected chi connectivity index (χ4v) is 2.97. The topological polar surface area (TPSA) is 68.3 Å². The Morgan fingerprint density at radius 2 is 2.17 bits per heavy atom. The van der Waals surface area contributed by atoms with Gasteiger partial charge in [-0.15, -0.1) is 11.3 Å². The number of thiazole rings is 1. The minimum Gasteiger partial charge on any atom is -0.466 e. The van der Waals surface area contributed by atoms with Gasteiger partial charge in [0.1, 0.15) is 0 Å². The van der Waals surface area contributed by atoms with Crippen molar-refractivity contribution < 1.29 is 14.3 Å². The van der Waals surface area contributed by atoms with Crippen molar-refractivity contribution in [1.82, 2.24) is 4.98 Å². The van der Waals surface area contributed by atoms with E-state index in [9.17, 15) is 9.59 Å². The van der Waals surface area contributed by atoms with Gasteiger partial charge in [0.2, 0.25) is 5.91 Å². The van der Waals surface area contributed by atoms with Crippen LogP contribution in [0.4, 0.5) is 5.13 Å². The molecule has 0 aliphatic rings. The number of hydrogen-bond acceptors (Lipinski definition) is 5. The molecule has 128 valence electrons. The summed E-state index contributed by atoms with van der Waals surface area (Å²) in [5, 5.41) is 5.68. The average Bonchev–Trinajstić information content (AvgIpc) is 2.95. The van der Waals surface area contributed by atoms with Crippen LogP contribution >= 0.6 is 22.9 Å². The summed E-state index contributed by atoms with van der Waals surface area (Å²) in [5.41, 5.74) is 2.63. The Morgan fingerprint density at radius 3 is 2.88 bits per heavy atom. The Hall–Kier alpha value is -1.92. The van der Waals surface area contributed by atoms with Crippen LogP contribution in [0.25, 0.3) is 0 Å². The third-order valence-corrected chi connectivity index (χ3v) is 4.52. The van der Waals surface area contributed by atoms with Crippen molar-refractivity contribution in [3.8, 4) is 0 Å². The van der Waals surface area contributed by atoms with Gasteiger partial charge in [0, 0.05) is 16.8 Å². The highest BCUT2D eigenvalue weighted by Gasteiger charge is 2.10. The van der Waals surface area contributed by atoms with Crippen LogP contribution < -0.4 is 5.32 Å². The van der Waals surface area contributed by atoms with E-state index in [1.165, 1.54) is 11.3 Å². The van der Waals surface area contributed by atoms with Crippen molar-refractivity contribution >= 4 is 39.9 Å². The molecule has 0 saturated carbocycles. The quantitative estimate of drug-likeness (QED) is 0.757. The molecule has 1 N–H and O–H groups in total. The van der Waals surface area contributed by atoms with Gasteiger partial charge in [0.05, 0.1) is 18.7 Å². The molecule has 0 saturated heterocycles. The van der Waals surface area contributed by atoms with Crippen LogP contribution in [0.2, 0.25) is 5.02 Å². The van der Waals surface area contributed by atoms with E-state index in [2.05, 4.69) is 10.3 Å². The number of nitrogens with zero attached hydrogens (tertiary/aromatic N) is 1. The van der Waals surface area contributed by atoms with E-state index >= 15 is 0 Å². The lowest BCUT2D eigenvalue weighted by Gasteiger charge is -2.04. The summed E-state index contributed by atoms with van der Waals surface area (Å²) in [7, 11) is 0. The van der Waals surface area contributed by atoms with Crippen molar-refractivity contribution in [2.24, 2.45) is 0 Å². The van der Waals surface area contributed by atoms with E-state index in [1.54, 1.807) is 12.3 Å². The number of anilines is 1. The van der Waals surface area contributed by atoms with Gasteiger partial charge in [-0.1, -0.05) is 23.7 Å². The fourth-order valence-electron chi connectivity index (χ4n) is 2.04. The summed E-state index contributed by atoms with van der Waals surface area (Å²) in [5.74, 6) is -0.444. The summed E-state index contributed by atoms with van der Waals surface area (Å²) < 4.78 is 4.87. The summed E-state index contributed by atoms with van der Waals surface area (Å²) >= 11 is 7.37. The van der Waals surface area contributed by atoms with Crippen LogP contribution in [0.3, 0.4) is 0 Å². The molecule has 5 nitrogen and oxygen atoms in total. The first kappa shape index (κ1) is 18.4. The molecule has 1 aromatic heterocycles. The second kappa shape index (κ2) is 8.80. The highest BCUT2D eigenvalue weighted by Crippen LogP contribution is 2.19. The highest BCUT2D eigenvalue weighted by molar-refractivity contribution is 7.13. The molecule has 0 aliphatic heterocycles. The number of benzene rings is 1. The lowest BCUT2D eigenvalue weighted by atomic mass is 10.1. The number of esters is 1. The number of hydrogen-bond donors (Lipinski definition) is 1. The number of carbonyl (C=O) groups is 2. The summed E-state index contributed by atoms with van der Waals surface area (Å²) in [6, 6.07) is 5.79. The minimum absolute atomic E-state index is 0.113. The number of aromatic nitrogens is 1. The maximum absolute atomic E-state index is 12.0. The number of halogens is 1. The predicted molar refractivity (Wildman–Crippen MR) is 95.6 cm³/mol. The molecule has 24 heavy (non-hydrogen) atoms. The maximum atomic E-state index is 12.0. The van der Waals surface area contributed by atoms with Crippen LogP contribution in [0.15, 0.2) is 23.6 Å². The van der Waals surface area contributed by atoms with E-state index < -0.39 is 0 Å². The van der Waals surface area contributed by atoms with Crippen molar-refractivity contribution in [2.45, 2.75) is 33.1 Å². The van der Waals surface area contributed by atoms with Gasteiger partial charge in [-0.3, -0.25) is 9.59 Å². The largest absolute Gasteiger partial charge is 0.466 e. The van der Waals surface area contributed by atoms with E-state index in [0.717, 1.165) is 11.1 Å². The van der Waals surface area contributed by atoms with Gasteiger partial charge in [0.25, 0.3) is 0 Å². The Labute approximate surface area is 150 Å². The normalized spacial score (nSPS) is 10.5. The van der Waals surface area contributed by atoms with E-state index in [0.29, 0.717) is 35.3 Å². The van der Waals surface area contributed by atoms with E-state index in [-0.39, 0.29) is 18.3 Å². The van der Waals surface area contributed by atoms with Crippen molar-refractivity contribution in [2.75, 3.05) is 11.9 Å². The molecule has 2 rings (SSSR count). The highest BCUT2D eigenvalue weighted by atomic mass is 35.5. The predicted octanol–water partition coefficient (Wildman–Crippen LogP) is 3.78. The summed E-state index contributed by atoms with van der Waals surface area (Å²) in [4.78, 5) is 27.6. The number of rotatable bonds is 7. The SMILES string of the molecule is CCOC(=O)Cc1csc(NC(=O)CCc2ccc(C)c(Cl)c2)n1. The molecule has 0 bridgehead atoms. The van der Waals surface area contributed by atoms with Crippen LogP contribution in [0.1, 0.15) is 30.2 Å². The average molecular weight is 367 g/mol. The smallest absolute Gasteiger partial charge is 0.311 e. The third kappa shape index (κ3) is 5.62. The molecule has 0 unspecified atom stereocenters. The number of nitrogens with one attached hydrogen (secondary N) is 1. The molecule has 1 amide bonds. The molecule has 0 aliphatic carbocycles. The monoisotopic (exact) mass is 366 g/mol. The summed E-state index contributed by atoms with van der Waals surface area (Å²) in [6.07, 6.45) is 1.06. The van der Waals surface area contributed by atoms with Crippen molar-refractivity contribution in [3.63, 3.8) is 0 Å². The molecule has 1 aromatic carbocycles. The Bertz CT molecular complexity index is 730. The first-order valence-electron chi connectivity index (χ1n) is 7.63.